The first kappa shape index (κ1) is 10.8. The van der Waals surface area contributed by atoms with Crippen molar-refractivity contribution in [1.29, 1.82) is 0 Å². The highest BCUT2D eigenvalue weighted by molar-refractivity contribution is 5.04. The Bertz CT molecular complexity index is 275. The van der Waals surface area contributed by atoms with Gasteiger partial charge in [0, 0.05) is 6.54 Å². The molecule has 0 spiro atoms. The molecule has 0 amide bonds. The first-order valence-corrected chi connectivity index (χ1v) is 7.95. The van der Waals surface area contributed by atoms with Crippen LogP contribution in [0.3, 0.4) is 0 Å². The van der Waals surface area contributed by atoms with E-state index in [0.717, 1.165) is 29.6 Å². The Labute approximate surface area is 106 Å². The quantitative estimate of drug-likeness (QED) is 0.731. The Hall–Kier alpha value is -0.0400. The van der Waals surface area contributed by atoms with Gasteiger partial charge < -0.3 is 5.32 Å². The summed E-state index contributed by atoms with van der Waals surface area (Å²) in [5.74, 6) is 5.55. The van der Waals surface area contributed by atoms with Crippen LogP contribution in [0.2, 0.25) is 0 Å². The van der Waals surface area contributed by atoms with Gasteiger partial charge in [-0.25, -0.2) is 0 Å². The molecule has 0 aromatic heterocycles. The van der Waals surface area contributed by atoms with Crippen molar-refractivity contribution in [1.82, 2.24) is 5.32 Å². The minimum atomic E-state index is 0.640. The van der Waals surface area contributed by atoms with Crippen molar-refractivity contribution in [3.63, 3.8) is 0 Å². The molecular weight excluding hydrogens is 206 g/mol. The zero-order chi connectivity index (χ0) is 11.5. The van der Waals surface area contributed by atoms with Crippen molar-refractivity contribution in [2.45, 2.75) is 51.9 Å². The van der Waals surface area contributed by atoms with Gasteiger partial charge in [-0.2, -0.15) is 0 Å². The molecule has 17 heavy (non-hydrogen) atoms. The van der Waals surface area contributed by atoms with Crippen LogP contribution in [0.25, 0.3) is 0 Å². The fraction of sp³-hybridized carbons (Fsp3) is 1.00. The first-order valence-electron chi connectivity index (χ1n) is 7.95. The summed E-state index contributed by atoms with van der Waals surface area (Å²) in [6.45, 7) is 5.18. The number of nitrogens with one attached hydrogen (secondary N) is 1. The molecule has 0 aromatic rings. The third-order valence-corrected chi connectivity index (χ3v) is 6.66. The molecule has 1 N–H and O–H groups in total. The Kier molecular flexibility index (Phi) is 2.38. The minimum absolute atomic E-state index is 0.640. The van der Waals surface area contributed by atoms with Crippen LogP contribution in [0.1, 0.15) is 51.9 Å². The lowest BCUT2D eigenvalue weighted by molar-refractivity contribution is -0.0976. The molecule has 1 atom stereocenters. The van der Waals surface area contributed by atoms with Crippen molar-refractivity contribution < 1.29 is 0 Å². The van der Waals surface area contributed by atoms with Gasteiger partial charge >= 0.3 is 0 Å². The van der Waals surface area contributed by atoms with E-state index >= 15 is 0 Å². The first-order chi connectivity index (χ1) is 8.24. The van der Waals surface area contributed by atoms with Gasteiger partial charge in [0.05, 0.1) is 0 Å². The van der Waals surface area contributed by atoms with E-state index in [9.17, 15) is 0 Å². The molecule has 1 nitrogen and oxygen atoms in total. The van der Waals surface area contributed by atoms with Crippen molar-refractivity contribution in [3.05, 3.63) is 0 Å². The van der Waals surface area contributed by atoms with E-state index in [1.54, 1.807) is 32.1 Å². The second kappa shape index (κ2) is 3.73. The highest BCUT2D eigenvalue weighted by Gasteiger charge is 2.53. The smallest absolute Gasteiger partial charge is 0.000803 e. The van der Waals surface area contributed by atoms with Crippen molar-refractivity contribution in [2.24, 2.45) is 35.0 Å². The third-order valence-electron chi connectivity index (χ3n) is 6.66. The summed E-state index contributed by atoms with van der Waals surface area (Å²) in [4.78, 5) is 0. The molecule has 5 rings (SSSR count). The predicted octanol–water partition coefficient (Wildman–Crippen LogP) is 3.45. The zero-order valence-electron chi connectivity index (χ0n) is 11.3. The van der Waals surface area contributed by atoms with Gasteiger partial charge in [-0.15, -0.1) is 0 Å². The summed E-state index contributed by atoms with van der Waals surface area (Å²) in [6.07, 6.45) is 10.9. The predicted molar refractivity (Wildman–Crippen MR) is 70.7 cm³/mol. The molecule has 5 aliphatic rings. The molecule has 1 heterocycles. The maximum absolute atomic E-state index is 3.68. The van der Waals surface area contributed by atoms with E-state index in [1.165, 1.54) is 25.9 Å². The van der Waals surface area contributed by atoms with E-state index in [4.69, 9.17) is 0 Å². The number of piperidine rings is 1. The molecule has 0 aromatic carbocycles. The normalized spacial score (nSPS) is 57.4. The molecule has 96 valence electrons. The second-order valence-corrected chi connectivity index (χ2v) is 7.89. The number of rotatable bonds is 1. The van der Waals surface area contributed by atoms with Crippen LogP contribution < -0.4 is 5.32 Å². The number of hydrogen-bond donors (Lipinski definition) is 1. The zero-order valence-corrected chi connectivity index (χ0v) is 11.3. The van der Waals surface area contributed by atoms with E-state index in [1.807, 2.05) is 0 Å². The summed E-state index contributed by atoms with van der Waals surface area (Å²) >= 11 is 0. The van der Waals surface area contributed by atoms with Gasteiger partial charge in [0.1, 0.15) is 0 Å². The van der Waals surface area contributed by atoms with Gasteiger partial charge in [0.15, 0.2) is 0 Å². The Morgan fingerprint density at radius 1 is 0.941 bits per heavy atom. The average Bonchev–Trinajstić information content (AvgIpc) is 2.27. The van der Waals surface area contributed by atoms with E-state index in [2.05, 4.69) is 12.2 Å². The minimum Gasteiger partial charge on any atom is -0.316 e. The molecular formula is C16H27N. The van der Waals surface area contributed by atoms with Gasteiger partial charge in [-0.05, 0) is 86.5 Å². The fourth-order valence-corrected chi connectivity index (χ4v) is 6.43. The van der Waals surface area contributed by atoms with Crippen LogP contribution in [-0.4, -0.2) is 13.1 Å². The lowest BCUT2D eigenvalue weighted by Gasteiger charge is -2.60. The Morgan fingerprint density at radius 3 is 2.12 bits per heavy atom. The van der Waals surface area contributed by atoms with Gasteiger partial charge in [-0.1, -0.05) is 6.92 Å². The van der Waals surface area contributed by atoms with Crippen LogP contribution in [0.5, 0.6) is 0 Å². The van der Waals surface area contributed by atoms with Gasteiger partial charge in [0.25, 0.3) is 0 Å². The van der Waals surface area contributed by atoms with Crippen molar-refractivity contribution in [3.8, 4) is 0 Å². The number of hydrogen-bond acceptors (Lipinski definition) is 1. The summed E-state index contributed by atoms with van der Waals surface area (Å²) in [7, 11) is 0. The Balaban J connectivity index is 1.61. The van der Waals surface area contributed by atoms with Crippen molar-refractivity contribution in [2.75, 3.05) is 13.1 Å². The maximum Gasteiger partial charge on any atom is 0.000803 e. The largest absolute Gasteiger partial charge is 0.316 e. The molecule has 0 radical (unpaired) electrons. The van der Waals surface area contributed by atoms with Crippen LogP contribution in [0.4, 0.5) is 0 Å². The highest BCUT2D eigenvalue weighted by Crippen LogP contribution is 2.61. The standard InChI is InChI=1S/C16H27N/c1-16(3-2-4-17-10-16)15-13-6-11-5-12(8-13)9-14(15)7-11/h11-15,17H,2-10H2,1H3. The van der Waals surface area contributed by atoms with Crippen LogP contribution in [0, 0.1) is 35.0 Å². The summed E-state index contributed by atoms with van der Waals surface area (Å²) < 4.78 is 0. The molecule has 4 aliphatic carbocycles. The summed E-state index contributed by atoms with van der Waals surface area (Å²) in [5, 5.41) is 3.68. The molecule has 4 bridgehead atoms. The second-order valence-electron chi connectivity index (χ2n) is 7.89. The van der Waals surface area contributed by atoms with Gasteiger partial charge in [0.2, 0.25) is 0 Å². The van der Waals surface area contributed by atoms with Crippen molar-refractivity contribution >= 4 is 0 Å². The average molecular weight is 233 g/mol. The lowest BCUT2D eigenvalue weighted by Crippen LogP contribution is -2.55. The van der Waals surface area contributed by atoms with Gasteiger partial charge in [-0.3, -0.25) is 0 Å². The highest BCUT2D eigenvalue weighted by atomic mass is 14.9. The van der Waals surface area contributed by atoms with Crippen LogP contribution >= 0.6 is 0 Å². The molecule has 1 unspecified atom stereocenters. The third kappa shape index (κ3) is 1.61. The van der Waals surface area contributed by atoms with Crippen LogP contribution in [-0.2, 0) is 0 Å². The molecule has 1 aliphatic heterocycles. The molecule has 1 heteroatoms. The van der Waals surface area contributed by atoms with E-state index < -0.39 is 0 Å². The van der Waals surface area contributed by atoms with E-state index in [-0.39, 0.29) is 0 Å². The lowest BCUT2D eigenvalue weighted by atomic mass is 9.46. The summed E-state index contributed by atoms with van der Waals surface area (Å²) in [5.41, 5.74) is 0.640. The van der Waals surface area contributed by atoms with Crippen LogP contribution in [0.15, 0.2) is 0 Å². The monoisotopic (exact) mass is 233 g/mol. The SMILES string of the molecule is CC1(C2C3CC4CC(C3)CC2C4)CCCNC1. The maximum atomic E-state index is 3.68. The fourth-order valence-electron chi connectivity index (χ4n) is 6.43. The topological polar surface area (TPSA) is 12.0 Å². The molecule has 1 saturated heterocycles. The summed E-state index contributed by atoms with van der Waals surface area (Å²) in [6, 6.07) is 0. The molecule has 4 saturated carbocycles. The Morgan fingerprint density at radius 2 is 1.59 bits per heavy atom. The van der Waals surface area contributed by atoms with E-state index in [0.29, 0.717) is 5.41 Å². The molecule has 5 fully saturated rings.